The van der Waals surface area contributed by atoms with E-state index in [1.807, 2.05) is 6.07 Å². The SMILES string of the molecule is CN1CCN(CC(=O)Nc2cc(Cl)ccc2C(=O)Nc2nnc(-c3cccnc3)s2)CC1.Cl. The van der Waals surface area contributed by atoms with E-state index < -0.39 is 5.91 Å². The number of rotatable bonds is 6. The van der Waals surface area contributed by atoms with Crippen molar-refractivity contribution in [3.8, 4) is 10.6 Å². The molecule has 0 saturated carbocycles. The number of likely N-dealkylation sites (N-methyl/N-ethyl adjacent to an activating group) is 1. The van der Waals surface area contributed by atoms with Crippen molar-refractivity contribution in [3.63, 3.8) is 0 Å². The third kappa shape index (κ3) is 6.68. The van der Waals surface area contributed by atoms with Gasteiger partial charge in [0.05, 0.1) is 17.8 Å². The van der Waals surface area contributed by atoms with E-state index >= 15 is 0 Å². The molecular weight excluding hydrogens is 485 g/mol. The standard InChI is InChI=1S/C21H22ClN7O2S.ClH/c1-28-7-9-29(10-8-28)13-18(30)24-17-11-15(22)4-5-16(17)19(31)25-21-27-26-20(32-21)14-3-2-6-23-12-14;/h2-6,11-12H,7-10,13H2,1H3,(H,24,30)(H,25,27,31);1H. The highest BCUT2D eigenvalue weighted by atomic mass is 35.5. The summed E-state index contributed by atoms with van der Waals surface area (Å²) >= 11 is 7.36. The maximum absolute atomic E-state index is 12.9. The zero-order valence-electron chi connectivity index (χ0n) is 17.8. The summed E-state index contributed by atoms with van der Waals surface area (Å²) in [5, 5.41) is 15.1. The zero-order valence-corrected chi connectivity index (χ0v) is 20.2. The summed E-state index contributed by atoms with van der Waals surface area (Å²) in [5.41, 5.74) is 1.46. The number of benzene rings is 1. The topological polar surface area (TPSA) is 103 Å². The van der Waals surface area contributed by atoms with Crippen LogP contribution in [-0.2, 0) is 4.79 Å². The molecular formula is C21H23Cl2N7O2S. The van der Waals surface area contributed by atoms with Crippen molar-refractivity contribution < 1.29 is 9.59 Å². The second-order valence-electron chi connectivity index (χ2n) is 7.43. The minimum Gasteiger partial charge on any atom is -0.324 e. The maximum atomic E-state index is 12.9. The van der Waals surface area contributed by atoms with Gasteiger partial charge < -0.3 is 10.2 Å². The van der Waals surface area contributed by atoms with Crippen LogP contribution in [0.4, 0.5) is 10.8 Å². The molecule has 2 amide bonds. The van der Waals surface area contributed by atoms with E-state index in [0.29, 0.717) is 26.4 Å². The number of carbonyl (C=O) groups excluding carboxylic acids is 2. The number of nitrogens with one attached hydrogen (secondary N) is 2. The van der Waals surface area contributed by atoms with Crippen molar-refractivity contribution in [1.82, 2.24) is 25.0 Å². The van der Waals surface area contributed by atoms with Crippen molar-refractivity contribution >= 4 is 58.0 Å². The van der Waals surface area contributed by atoms with Crippen LogP contribution in [0.3, 0.4) is 0 Å². The summed E-state index contributed by atoms with van der Waals surface area (Å²) in [5.74, 6) is -0.605. The fraction of sp³-hybridized carbons (Fsp3) is 0.286. The average molecular weight is 508 g/mol. The molecule has 33 heavy (non-hydrogen) atoms. The van der Waals surface area contributed by atoms with Crippen molar-refractivity contribution in [3.05, 3.63) is 53.3 Å². The number of hydrogen-bond donors (Lipinski definition) is 2. The molecule has 9 nitrogen and oxygen atoms in total. The largest absolute Gasteiger partial charge is 0.324 e. The molecule has 3 heterocycles. The number of hydrogen-bond acceptors (Lipinski definition) is 8. The Balaban J connectivity index is 0.00000306. The van der Waals surface area contributed by atoms with Crippen LogP contribution in [0.5, 0.6) is 0 Å². The van der Waals surface area contributed by atoms with Crippen LogP contribution in [-0.4, -0.2) is 76.6 Å². The average Bonchev–Trinajstić information content (AvgIpc) is 3.24. The second kappa shape index (κ2) is 11.5. The number of aromatic nitrogens is 3. The van der Waals surface area contributed by atoms with Crippen LogP contribution >= 0.6 is 35.3 Å². The zero-order chi connectivity index (χ0) is 22.5. The summed E-state index contributed by atoms with van der Waals surface area (Å²) in [4.78, 5) is 33.9. The molecule has 0 bridgehead atoms. The molecule has 0 radical (unpaired) electrons. The highest BCUT2D eigenvalue weighted by molar-refractivity contribution is 7.18. The smallest absolute Gasteiger partial charge is 0.259 e. The van der Waals surface area contributed by atoms with Crippen molar-refractivity contribution in [1.29, 1.82) is 0 Å². The minimum absolute atomic E-state index is 0. The van der Waals surface area contributed by atoms with Crippen molar-refractivity contribution in [2.45, 2.75) is 0 Å². The molecule has 1 saturated heterocycles. The molecule has 0 aliphatic carbocycles. The number of nitrogens with zero attached hydrogens (tertiary/aromatic N) is 5. The van der Waals surface area contributed by atoms with Gasteiger partial charge >= 0.3 is 0 Å². The molecule has 0 atom stereocenters. The van der Waals surface area contributed by atoms with Crippen molar-refractivity contribution in [2.75, 3.05) is 50.4 Å². The molecule has 1 aliphatic rings. The Kier molecular flexibility index (Phi) is 8.70. The third-order valence-electron chi connectivity index (χ3n) is 5.02. The van der Waals surface area contributed by atoms with Gasteiger partial charge in [-0.25, -0.2) is 0 Å². The van der Waals surface area contributed by atoms with E-state index in [1.165, 1.54) is 11.3 Å². The Hall–Kier alpha value is -2.63. The van der Waals surface area contributed by atoms with Gasteiger partial charge in [0.25, 0.3) is 5.91 Å². The van der Waals surface area contributed by atoms with E-state index in [2.05, 4.69) is 42.7 Å². The number of amides is 2. The number of halogens is 2. The highest BCUT2D eigenvalue weighted by Gasteiger charge is 2.20. The molecule has 1 fully saturated rings. The van der Waals surface area contributed by atoms with Crippen LogP contribution in [0, 0.1) is 0 Å². The lowest BCUT2D eigenvalue weighted by molar-refractivity contribution is -0.117. The predicted molar refractivity (Wildman–Crippen MR) is 132 cm³/mol. The quantitative estimate of drug-likeness (QED) is 0.528. The lowest BCUT2D eigenvalue weighted by Gasteiger charge is -2.31. The first-order valence-corrected chi connectivity index (χ1v) is 11.2. The minimum atomic E-state index is -0.412. The lowest BCUT2D eigenvalue weighted by atomic mass is 10.1. The highest BCUT2D eigenvalue weighted by Crippen LogP contribution is 2.27. The monoisotopic (exact) mass is 507 g/mol. The van der Waals surface area contributed by atoms with Gasteiger partial charge in [-0.15, -0.1) is 22.6 Å². The molecule has 0 spiro atoms. The fourth-order valence-electron chi connectivity index (χ4n) is 3.26. The van der Waals surface area contributed by atoms with Crippen molar-refractivity contribution in [2.24, 2.45) is 0 Å². The van der Waals surface area contributed by atoms with Gasteiger partial charge in [0, 0.05) is 49.2 Å². The maximum Gasteiger partial charge on any atom is 0.259 e. The Morgan fingerprint density at radius 1 is 1.12 bits per heavy atom. The Morgan fingerprint density at radius 3 is 2.64 bits per heavy atom. The lowest BCUT2D eigenvalue weighted by Crippen LogP contribution is -2.47. The van der Waals surface area contributed by atoms with Gasteiger partial charge in [0.2, 0.25) is 11.0 Å². The Bertz CT molecular complexity index is 1110. The van der Waals surface area contributed by atoms with E-state index in [-0.39, 0.29) is 24.9 Å². The van der Waals surface area contributed by atoms with Gasteiger partial charge in [-0.3, -0.25) is 24.8 Å². The molecule has 0 unspecified atom stereocenters. The molecule has 1 aromatic carbocycles. The molecule has 12 heteroatoms. The summed E-state index contributed by atoms with van der Waals surface area (Å²) < 4.78 is 0. The molecule has 174 valence electrons. The van der Waals surface area contributed by atoms with Crippen LogP contribution in [0.15, 0.2) is 42.7 Å². The summed E-state index contributed by atoms with van der Waals surface area (Å²) in [7, 11) is 2.06. The summed E-state index contributed by atoms with van der Waals surface area (Å²) in [6.45, 7) is 3.74. The molecule has 1 aliphatic heterocycles. The molecule has 3 aromatic rings. The molecule has 2 aromatic heterocycles. The predicted octanol–water partition coefficient (Wildman–Crippen LogP) is 3.11. The van der Waals surface area contributed by atoms with Crippen LogP contribution in [0.1, 0.15) is 10.4 Å². The summed E-state index contributed by atoms with van der Waals surface area (Å²) in [6, 6.07) is 8.42. The van der Waals surface area contributed by atoms with Crippen LogP contribution in [0.25, 0.3) is 10.6 Å². The fourth-order valence-corrected chi connectivity index (χ4v) is 4.16. The number of piperazine rings is 1. The van der Waals surface area contributed by atoms with Gasteiger partial charge in [-0.05, 0) is 37.4 Å². The van der Waals surface area contributed by atoms with E-state index in [4.69, 9.17) is 11.6 Å². The number of pyridine rings is 1. The Morgan fingerprint density at radius 2 is 1.91 bits per heavy atom. The van der Waals surface area contributed by atoms with E-state index in [0.717, 1.165) is 31.7 Å². The first kappa shape index (κ1) is 25.0. The molecule has 2 N–H and O–H groups in total. The first-order valence-electron chi connectivity index (χ1n) is 10.0. The van der Waals surface area contributed by atoms with E-state index in [9.17, 15) is 9.59 Å². The number of anilines is 2. The second-order valence-corrected chi connectivity index (χ2v) is 8.84. The summed E-state index contributed by atoms with van der Waals surface area (Å²) in [6.07, 6.45) is 3.35. The van der Waals surface area contributed by atoms with Crippen LogP contribution < -0.4 is 10.6 Å². The Labute approximate surface area is 206 Å². The van der Waals surface area contributed by atoms with Gasteiger partial charge in [0.1, 0.15) is 0 Å². The van der Waals surface area contributed by atoms with Gasteiger partial charge in [-0.1, -0.05) is 22.9 Å². The first-order chi connectivity index (χ1) is 15.5. The third-order valence-corrected chi connectivity index (χ3v) is 6.14. The van der Waals surface area contributed by atoms with E-state index in [1.54, 1.807) is 36.7 Å². The molecule has 4 rings (SSSR count). The normalized spacial score (nSPS) is 14.4. The van der Waals surface area contributed by atoms with Gasteiger partial charge in [-0.2, -0.15) is 0 Å². The van der Waals surface area contributed by atoms with Gasteiger partial charge in [0.15, 0.2) is 5.01 Å². The van der Waals surface area contributed by atoms with Crippen LogP contribution in [0.2, 0.25) is 5.02 Å². The number of carbonyl (C=O) groups is 2.